The fraction of sp³-hybridized carbons (Fsp3) is 0.182. The Bertz CT molecular complexity index is 1260. The minimum atomic E-state index is -0.0215. The highest BCUT2D eigenvalue weighted by Gasteiger charge is 2.31. The quantitative estimate of drug-likeness (QED) is 0.438. The number of hydrogen-bond acceptors (Lipinski definition) is 4. The summed E-state index contributed by atoms with van der Waals surface area (Å²) in [5.41, 5.74) is 5.57. The Balaban J connectivity index is 1.66. The monoisotopic (exact) mass is 422 g/mol. The SMILES string of the molecule is Cc1nn2c3c(nnc2c1-c1ccc(Cl)cc1)C(=O)C[C@@H](c1cccc(Cl)c1)C3. The summed E-state index contributed by atoms with van der Waals surface area (Å²) in [7, 11) is 0. The van der Waals surface area contributed by atoms with Gasteiger partial charge in [-0.3, -0.25) is 4.79 Å². The molecule has 0 spiro atoms. The minimum absolute atomic E-state index is 0.0215. The number of hydrogen-bond donors (Lipinski definition) is 0. The van der Waals surface area contributed by atoms with Crippen LogP contribution in [-0.4, -0.2) is 25.6 Å². The van der Waals surface area contributed by atoms with Crippen molar-refractivity contribution < 1.29 is 4.79 Å². The van der Waals surface area contributed by atoms with Crippen LogP contribution in [0.4, 0.5) is 0 Å². The first kappa shape index (κ1) is 18.3. The van der Waals surface area contributed by atoms with Crippen molar-refractivity contribution in [2.45, 2.75) is 25.7 Å². The molecule has 0 saturated heterocycles. The second kappa shape index (κ2) is 6.94. The van der Waals surface area contributed by atoms with E-state index in [0.29, 0.717) is 34.2 Å². The van der Waals surface area contributed by atoms with E-state index in [9.17, 15) is 4.79 Å². The van der Waals surface area contributed by atoms with E-state index in [-0.39, 0.29) is 11.7 Å². The highest BCUT2D eigenvalue weighted by Crippen LogP contribution is 2.35. The third-order valence-electron chi connectivity index (χ3n) is 5.40. The summed E-state index contributed by atoms with van der Waals surface area (Å²) in [5, 5.41) is 14.7. The van der Waals surface area contributed by atoms with Gasteiger partial charge in [-0.05, 0) is 54.7 Å². The molecule has 0 saturated carbocycles. The van der Waals surface area contributed by atoms with E-state index in [4.69, 9.17) is 28.3 Å². The van der Waals surface area contributed by atoms with Crippen molar-refractivity contribution in [3.05, 3.63) is 81.2 Å². The molecule has 4 aromatic rings. The van der Waals surface area contributed by atoms with Crippen LogP contribution in [-0.2, 0) is 6.42 Å². The standard InChI is InChI=1S/C22H16Cl2N4O/c1-12-20(13-5-7-16(23)8-6-13)22-26-25-21-18(28(22)27-12)10-15(11-19(21)29)14-3-2-4-17(24)9-14/h2-9,15H,10-11H2,1H3/t15-/m0/s1. The second-order valence-corrected chi connectivity index (χ2v) is 8.15. The van der Waals surface area contributed by atoms with Gasteiger partial charge < -0.3 is 0 Å². The molecule has 1 aliphatic rings. The zero-order valence-electron chi connectivity index (χ0n) is 15.6. The summed E-state index contributed by atoms with van der Waals surface area (Å²) < 4.78 is 1.77. The molecule has 5 nitrogen and oxygen atoms in total. The maximum Gasteiger partial charge on any atom is 0.185 e. The molecule has 0 unspecified atom stereocenters. The van der Waals surface area contributed by atoms with Crippen LogP contribution in [0.5, 0.6) is 0 Å². The molecular weight excluding hydrogens is 407 g/mol. The first-order valence-corrected chi connectivity index (χ1v) is 10.1. The number of ketones is 1. The van der Waals surface area contributed by atoms with Gasteiger partial charge in [-0.25, -0.2) is 4.52 Å². The van der Waals surface area contributed by atoms with Crippen LogP contribution in [0.2, 0.25) is 10.0 Å². The number of rotatable bonds is 2. The second-order valence-electron chi connectivity index (χ2n) is 7.28. The highest BCUT2D eigenvalue weighted by molar-refractivity contribution is 6.30. The molecule has 0 N–H and O–H groups in total. The van der Waals surface area contributed by atoms with E-state index in [1.807, 2.05) is 55.5 Å². The summed E-state index contributed by atoms with van der Waals surface area (Å²) >= 11 is 12.2. The lowest BCUT2D eigenvalue weighted by molar-refractivity contribution is 0.0955. The van der Waals surface area contributed by atoms with E-state index >= 15 is 0 Å². The van der Waals surface area contributed by atoms with Gasteiger partial charge in [0.15, 0.2) is 17.1 Å². The van der Waals surface area contributed by atoms with Crippen molar-refractivity contribution in [2.75, 3.05) is 0 Å². The lowest BCUT2D eigenvalue weighted by Gasteiger charge is -2.23. The number of carbonyl (C=O) groups is 1. The number of aryl methyl sites for hydroxylation is 1. The summed E-state index contributed by atoms with van der Waals surface area (Å²) in [6.45, 7) is 1.93. The zero-order chi connectivity index (χ0) is 20.1. The van der Waals surface area contributed by atoms with Gasteiger partial charge in [0, 0.05) is 16.5 Å². The average Bonchev–Trinajstić information content (AvgIpc) is 3.05. The van der Waals surface area contributed by atoms with Crippen molar-refractivity contribution in [3.8, 4) is 11.1 Å². The number of benzene rings is 2. The van der Waals surface area contributed by atoms with Gasteiger partial charge in [0.05, 0.1) is 17.0 Å². The van der Waals surface area contributed by atoms with E-state index in [2.05, 4.69) is 10.2 Å². The Hall–Kier alpha value is -2.76. The molecule has 0 fully saturated rings. The summed E-state index contributed by atoms with van der Waals surface area (Å²) in [5.74, 6) is 0.0106. The lowest BCUT2D eigenvalue weighted by atomic mass is 9.83. The van der Waals surface area contributed by atoms with Gasteiger partial charge >= 0.3 is 0 Å². The smallest absolute Gasteiger partial charge is 0.185 e. The largest absolute Gasteiger partial charge is 0.292 e. The fourth-order valence-electron chi connectivity index (χ4n) is 4.03. The normalized spacial score (nSPS) is 16.2. The van der Waals surface area contributed by atoms with Crippen molar-refractivity contribution in [2.24, 2.45) is 0 Å². The van der Waals surface area contributed by atoms with Crippen LogP contribution in [0.15, 0.2) is 48.5 Å². The zero-order valence-corrected chi connectivity index (χ0v) is 17.1. The van der Waals surface area contributed by atoms with E-state index in [0.717, 1.165) is 28.1 Å². The van der Waals surface area contributed by atoms with E-state index in [1.165, 1.54) is 0 Å². The topological polar surface area (TPSA) is 60.1 Å². The summed E-state index contributed by atoms with van der Waals surface area (Å²) in [6.07, 6.45) is 1.03. The number of fused-ring (bicyclic) bond motifs is 3. The average molecular weight is 423 g/mol. The van der Waals surface area contributed by atoms with Crippen molar-refractivity contribution in [3.63, 3.8) is 0 Å². The van der Waals surface area contributed by atoms with E-state index in [1.54, 1.807) is 4.52 Å². The van der Waals surface area contributed by atoms with Crippen LogP contribution >= 0.6 is 23.2 Å². The van der Waals surface area contributed by atoms with Crippen LogP contribution in [0.3, 0.4) is 0 Å². The highest BCUT2D eigenvalue weighted by atomic mass is 35.5. The fourth-order valence-corrected chi connectivity index (χ4v) is 4.35. The number of aromatic nitrogens is 4. The third-order valence-corrected chi connectivity index (χ3v) is 5.89. The molecule has 2 heterocycles. The lowest BCUT2D eigenvalue weighted by Crippen LogP contribution is -2.24. The molecular formula is C22H16Cl2N4O. The molecule has 144 valence electrons. The summed E-state index contributed by atoms with van der Waals surface area (Å²) in [6, 6.07) is 15.2. The van der Waals surface area contributed by atoms with Crippen molar-refractivity contribution >= 4 is 34.6 Å². The Labute approximate surface area is 177 Å². The first-order valence-electron chi connectivity index (χ1n) is 9.31. The molecule has 2 aromatic carbocycles. The Kier molecular flexibility index (Phi) is 4.37. The molecule has 0 bridgehead atoms. The molecule has 0 radical (unpaired) electrons. The van der Waals surface area contributed by atoms with Crippen LogP contribution in [0, 0.1) is 6.92 Å². The van der Waals surface area contributed by atoms with Crippen LogP contribution < -0.4 is 0 Å². The Morgan fingerprint density at radius 3 is 2.55 bits per heavy atom. The van der Waals surface area contributed by atoms with Gasteiger partial charge in [-0.2, -0.15) is 5.10 Å². The van der Waals surface area contributed by atoms with Gasteiger partial charge in [0.25, 0.3) is 0 Å². The molecule has 2 aromatic heterocycles. The predicted octanol–water partition coefficient (Wildman–Crippen LogP) is 5.32. The van der Waals surface area contributed by atoms with Crippen molar-refractivity contribution in [1.82, 2.24) is 19.8 Å². The summed E-state index contributed by atoms with van der Waals surface area (Å²) in [4.78, 5) is 12.8. The van der Waals surface area contributed by atoms with Crippen molar-refractivity contribution in [1.29, 1.82) is 0 Å². The third kappa shape index (κ3) is 3.11. The maximum absolute atomic E-state index is 12.8. The Morgan fingerprint density at radius 1 is 1.00 bits per heavy atom. The number of halogens is 2. The minimum Gasteiger partial charge on any atom is -0.292 e. The van der Waals surface area contributed by atoms with Gasteiger partial charge in [-0.15, -0.1) is 10.2 Å². The number of nitrogens with zero attached hydrogens (tertiary/aromatic N) is 4. The van der Waals surface area contributed by atoms with E-state index < -0.39 is 0 Å². The van der Waals surface area contributed by atoms with Gasteiger partial charge in [0.1, 0.15) is 0 Å². The molecule has 0 aliphatic heterocycles. The maximum atomic E-state index is 12.8. The number of Topliss-reactive ketones (excluding diaryl/α,β-unsaturated/α-hetero) is 1. The molecule has 5 rings (SSSR count). The van der Waals surface area contributed by atoms with Crippen LogP contribution in [0.25, 0.3) is 16.8 Å². The number of carbonyl (C=O) groups excluding carboxylic acids is 1. The molecule has 1 atom stereocenters. The van der Waals surface area contributed by atoms with Gasteiger partial charge in [-0.1, -0.05) is 47.5 Å². The van der Waals surface area contributed by atoms with Gasteiger partial charge in [0.2, 0.25) is 0 Å². The molecule has 0 amide bonds. The first-order chi connectivity index (χ1) is 14.0. The molecule has 29 heavy (non-hydrogen) atoms. The predicted molar refractivity (Wildman–Crippen MR) is 113 cm³/mol. The molecule has 1 aliphatic carbocycles. The van der Waals surface area contributed by atoms with Crippen LogP contribution in [0.1, 0.15) is 39.8 Å². The molecule has 7 heteroatoms. The Morgan fingerprint density at radius 2 is 1.79 bits per heavy atom.